The Morgan fingerprint density at radius 1 is 1.53 bits per heavy atom. The molecule has 100 valence electrons. The summed E-state index contributed by atoms with van der Waals surface area (Å²) in [6.45, 7) is 2.82. The van der Waals surface area contributed by atoms with E-state index in [1.54, 1.807) is 6.92 Å². The molecule has 7 nitrogen and oxygen atoms in total. The number of esters is 1. The van der Waals surface area contributed by atoms with Gasteiger partial charge in [-0.15, -0.1) is 0 Å². The molecule has 19 heavy (non-hydrogen) atoms. The number of carboxylic acid groups (broad SMARTS) is 1. The maximum Gasteiger partial charge on any atom is 1.00 e. The predicted octanol–water partition coefficient (Wildman–Crippen LogP) is -2.76. The monoisotopic (exact) mass is 297 g/mol. The third-order valence-corrected chi connectivity index (χ3v) is 4.12. The van der Waals surface area contributed by atoms with Crippen molar-refractivity contribution in [2.75, 3.05) is 7.11 Å². The van der Waals surface area contributed by atoms with Crippen molar-refractivity contribution in [3.8, 4) is 0 Å². The summed E-state index contributed by atoms with van der Waals surface area (Å²) >= 11 is 1.06. The summed E-state index contributed by atoms with van der Waals surface area (Å²) in [5.74, 6) is -2.39. The van der Waals surface area contributed by atoms with Crippen molar-refractivity contribution in [3.63, 3.8) is 0 Å². The van der Waals surface area contributed by atoms with E-state index in [0.29, 0.717) is 0 Å². The van der Waals surface area contributed by atoms with Crippen LogP contribution in [0.3, 0.4) is 0 Å². The van der Waals surface area contributed by atoms with Gasteiger partial charge >= 0.3 is 41.5 Å². The molecule has 0 radical (unpaired) electrons. The molecule has 1 fully saturated rings. The Labute approximate surface area is 137 Å². The molecule has 0 spiro atoms. The number of carboxylic acids is 1. The molecule has 2 aliphatic rings. The van der Waals surface area contributed by atoms with Crippen molar-refractivity contribution in [2.24, 2.45) is 0 Å². The van der Waals surface area contributed by atoms with Crippen LogP contribution in [0.1, 0.15) is 15.3 Å². The number of aliphatic carboxylic acids is 1. The molecule has 1 N–H and O–H groups in total. The normalized spacial score (nSPS) is 28.3. The molecule has 0 aromatic heterocycles. The second kappa shape index (κ2) is 5.35. The molecule has 1 unspecified atom stereocenters. The van der Waals surface area contributed by atoms with Gasteiger partial charge in [-0.25, -0.2) is 4.79 Å². The van der Waals surface area contributed by atoms with Gasteiger partial charge in [0.05, 0.1) is 7.11 Å². The number of fused-ring (bicyclic) bond motifs is 1. The van der Waals surface area contributed by atoms with Crippen molar-refractivity contribution in [2.45, 2.75) is 24.8 Å². The van der Waals surface area contributed by atoms with Crippen LogP contribution in [0, 0.1) is 0 Å². The smallest absolute Gasteiger partial charge is 1.00 e. The van der Waals surface area contributed by atoms with Crippen LogP contribution in [-0.4, -0.2) is 45.9 Å². The first-order chi connectivity index (χ1) is 8.32. The number of hydrogen-bond acceptors (Lipinski definition) is 6. The number of hydrogen-bond donors (Lipinski definition) is 1. The van der Waals surface area contributed by atoms with Gasteiger partial charge in [-0.2, -0.15) is 0 Å². The standard InChI is InChI=1S/C10H11NO6S.Na.H/c1-4(12)17-6-7(13)11-5(8(14)15)9(16-3)18-10(6,11)2;;/h6H,1-3H3,(H,14,15);;/q;+1;-1/t6?,10-;;/m1../s1. The summed E-state index contributed by atoms with van der Waals surface area (Å²) in [5.41, 5.74) is -0.210. The number of β-lactam (4-membered cyclic amide) rings is 1. The van der Waals surface area contributed by atoms with E-state index in [9.17, 15) is 14.4 Å². The number of nitrogens with zero attached hydrogens (tertiary/aromatic N) is 1. The fraction of sp³-hybridized carbons (Fsp3) is 0.500. The minimum absolute atomic E-state index is 0. The summed E-state index contributed by atoms with van der Waals surface area (Å²) in [6, 6.07) is 0. The van der Waals surface area contributed by atoms with Crippen LogP contribution in [0.2, 0.25) is 0 Å². The zero-order chi connectivity index (χ0) is 13.7. The number of rotatable bonds is 3. The maximum atomic E-state index is 11.8. The molecule has 9 heteroatoms. The minimum Gasteiger partial charge on any atom is -1.00 e. The van der Waals surface area contributed by atoms with E-state index < -0.39 is 28.8 Å². The predicted molar refractivity (Wildman–Crippen MR) is 61.2 cm³/mol. The van der Waals surface area contributed by atoms with Crippen LogP contribution in [0.5, 0.6) is 0 Å². The van der Waals surface area contributed by atoms with Crippen LogP contribution in [-0.2, 0) is 23.9 Å². The Kier molecular flexibility index (Phi) is 4.61. The fourth-order valence-corrected chi connectivity index (χ4v) is 3.28. The van der Waals surface area contributed by atoms with Crippen LogP contribution in [0.25, 0.3) is 0 Å². The topological polar surface area (TPSA) is 93.1 Å². The van der Waals surface area contributed by atoms with Gasteiger partial charge in [0.25, 0.3) is 5.91 Å². The molecule has 0 aliphatic carbocycles. The molecule has 2 heterocycles. The number of carbonyl (C=O) groups excluding carboxylic acids is 2. The van der Waals surface area contributed by atoms with Gasteiger partial charge in [0.2, 0.25) is 6.10 Å². The Balaban J connectivity index is 0.00000180. The van der Waals surface area contributed by atoms with E-state index in [1.165, 1.54) is 14.0 Å². The second-order valence-corrected chi connectivity index (χ2v) is 5.37. The molecule has 0 bridgehead atoms. The van der Waals surface area contributed by atoms with E-state index in [-0.39, 0.29) is 41.8 Å². The van der Waals surface area contributed by atoms with Gasteiger partial charge in [0.15, 0.2) is 10.8 Å². The maximum absolute atomic E-state index is 11.8. The van der Waals surface area contributed by atoms with Gasteiger partial charge in [-0.1, -0.05) is 11.8 Å². The van der Waals surface area contributed by atoms with Crippen molar-refractivity contribution >= 4 is 29.6 Å². The molecule has 0 aromatic rings. The van der Waals surface area contributed by atoms with Gasteiger partial charge in [-0.05, 0) is 6.92 Å². The van der Waals surface area contributed by atoms with Crippen molar-refractivity contribution in [1.29, 1.82) is 0 Å². The first-order valence-corrected chi connectivity index (χ1v) is 5.86. The molecule has 2 rings (SSSR count). The van der Waals surface area contributed by atoms with Gasteiger partial charge in [-0.3, -0.25) is 14.5 Å². The Bertz CT molecular complexity index is 498. The van der Waals surface area contributed by atoms with Crippen LogP contribution >= 0.6 is 11.8 Å². The molecule has 2 aliphatic heterocycles. The average Bonchev–Trinajstić information content (AvgIpc) is 2.56. The van der Waals surface area contributed by atoms with E-state index >= 15 is 0 Å². The molecule has 0 aromatic carbocycles. The van der Waals surface area contributed by atoms with Crippen LogP contribution in [0.4, 0.5) is 0 Å². The molecule has 1 saturated heterocycles. The van der Waals surface area contributed by atoms with Crippen molar-refractivity contribution in [3.05, 3.63) is 10.8 Å². The average molecular weight is 297 g/mol. The third kappa shape index (κ3) is 2.26. The SMILES string of the molecule is COC1=C(C(=O)O)N2C(=O)C(OC(C)=O)[C@@]2(C)S1.[H-].[Na+]. The van der Waals surface area contributed by atoms with Crippen LogP contribution in [0.15, 0.2) is 10.8 Å². The fourth-order valence-electron chi connectivity index (χ4n) is 2.02. The quantitative estimate of drug-likeness (QED) is 0.343. The van der Waals surface area contributed by atoms with E-state index in [4.69, 9.17) is 14.6 Å². The largest absolute Gasteiger partial charge is 1.00 e. The third-order valence-electron chi connectivity index (χ3n) is 2.76. The van der Waals surface area contributed by atoms with Gasteiger partial charge in [0, 0.05) is 6.92 Å². The molecular weight excluding hydrogens is 285 g/mol. The zero-order valence-corrected chi connectivity index (χ0v) is 13.7. The summed E-state index contributed by atoms with van der Waals surface area (Å²) in [4.78, 5) is 34.0. The number of methoxy groups -OCH3 is 1. The molecule has 1 amide bonds. The summed E-state index contributed by atoms with van der Waals surface area (Å²) in [6.07, 6.45) is -0.984. The first kappa shape index (κ1) is 16.4. The number of thioether (sulfide) groups is 1. The summed E-state index contributed by atoms with van der Waals surface area (Å²) in [7, 11) is 1.33. The number of carbonyl (C=O) groups is 3. The molecule has 2 atom stereocenters. The Morgan fingerprint density at radius 3 is 2.53 bits per heavy atom. The second-order valence-electron chi connectivity index (χ2n) is 3.97. The summed E-state index contributed by atoms with van der Waals surface area (Å²) in [5, 5.41) is 9.22. The Morgan fingerprint density at radius 2 is 2.11 bits per heavy atom. The Hall–Kier alpha value is -0.700. The summed E-state index contributed by atoms with van der Waals surface area (Å²) < 4.78 is 9.87. The van der Waals surface area contributed by atoms with E-state index in [0.717, 1.165) is 16.7 Å². The van der Waals surface area contributed by atoms with Crippen molar-refractivity contribution < 1.29 is 59.9 Å². The zero-order valence-electron chi connectivity index (χ0n) is 11.9. The number of ether oxygens (including phenoxy) is 2. The van der Waals surface area contributed by atoms with Gasteiger partial charge < -0.3 is 16.0 Å². The minimum atomic E-state index is -1.25. The first-order valence-electron chi connectivity index (χ1n) is 5.04. The molecule has 0 saturated carbocycles. The van der Waals surface area contributed by atoms with Crippen molar-refractivity contribution in [1.82, 2.24) is 4.90 Å². The van der Waals surface area contributed by atoms with Gasteiger partial charge in [0.1, 0.15) is 4.87 Å². The molecular formula is C10H12NNaO6S. The van der Waals surface area contributed by atoms with Crippen LogP contribution < -0.4 is 29.6 Å². The van der Waals surface area contributed by atoms with E-state index in [2.05, 4.69) is 0 Å². The number of amides is 1. The van der Waals surface area contributed by atoms with E-state index in [1.807, 2.05) is 0 Å².